The number of nitrogen functional groups attached to an aromatic ring is 1. The maximum atomic E-state index is 6.18. The summed E-state index contributed by atoms with van der Waals surface area (Å²) in [5.41, 5.74) is 6.86. The first-order chi connectivity index (χ1) is 10.1. The monoisotopic (exact) mass is 323 g/mol. The zero-order chi connectivity index (χ0) is 14.8. The second kappa shape index (κ2) is 5.95. The second-order valence-corrected chi connectivity index (χ2v) is 5.66. The van der Waals surface area contributed by atoms with E-state index in [0.29, 0.717) is 16.7 Å². The van der Waals surface area contributed by atoms with Crippen molar-refractivity contribution in [1.82, 2.24) is 9.97 Å². The molecule has 5 nitrogen and oxygen atoms in total. The third-order valence-corrected chi connectivity index (χ3v) is 4.15. The summed E-state index contributed by atoms with van der Waals surface area (Å²) in [6.07, 6.45) is 1.44. The fraction of sp³-hybridized carbons (Fsp3) is 0.286. The SMILES string of the molecule is Nc1ncnc(N2CCN(c3cccc(Cl)c3)CC2)c1Cl. The minimum absolute atomic E-state index is 0.318. The smallest absolute Gasteiger partial charge is 0.153 e. The van der Waals surface area contributed by atoms with Crippen LogP contribution in [-0.4, -0.2) is 36.1 Å². The first-order valence-electron chi connectivity index (χ1n) is 6.66. The van der Waals surface area contributed by atoms with Crippen LogP contribution in [0.15, 0.2) is 30.6 Å². The van der Waals surface area contributed by atoms with Crippen LogP contribution < -0.4 is 15.5 Å². The van der Waals surface area contributed by atoms with Crippen LogP contribution in [0.3, 0.4) is 0 Å². The molecule has 1 aliphatic rings. The topological polar surface area (TPSA) is 58.3 Å². The molecule has 0 radical (unpaired) electrons. The van der Waals surface area contributed by atoms with Gasteiger partial charge in [-0.15, -0.1) is 0 Å². The van der Waals surface area contributed by atoms with Gasteiger partial charge in [-0.05, 0) is 18.2 Å². The molecule has 1 fully saturated rings. The lowest BCUT2D eigenvalue weighted by molar-refractivity contribution is 0.647. The molecule has 0 unspecified atom stereocenters. The van der Waals surface area contributed by atoms with E-state index in [1.165, 1.54) is 6.33 Å². The molecule has 2 N–H and O–H groups in total. The van der Waals surface area contributed by atoms with E-state index in [1.54, 1.807) is 0 Å². The number of hydrogen-bond acceptors (Lipinski definition) is 5. The molecule has 0 aliphatic carbocycles. The van der Waals surface area contributed by atoms with Crippen LogP contribution in [0, 0.1) is 0 Å². The molecule has 0 amide bonds. The Morgan fingerprint density at radius 1 is 1.00 bits per heavy atom. The van der Waals surface area contributed by atoms with Gasteiger partial charge in [0.1, 0.15) is 17.2 Å². The van der Waals surface area contributed by atoms with Gasteiger partial charge >= 0.3 is 0 Å². The number of nitrogens with two attached hydrogens (primary N) is 1. The molecule has 1 saturated heterocycles. The fourth-order valence-electron chi connectivity index (χ4n) is 2.44. The van der Waals surface area contributed by atoms with Gasteiger partial charge < -0.3 is 15.5 Å². The summed E-state index contributed by atoms with van der Waals surface area (Å²) in [4.78, 5) is 12.5. The van der Waals surface area contributed by atoms with Crippen LogP contribution in [0.2, 0.25) is 10.0 Å². The highest BCUT2D eigenvalue weighted by molar-refractivity contribution is 6.35. The molecule has 1 aromatic carbocycles. The van der Waals surface area contributed by atoms with E-state index in [9.17, 15) is 0 Å². The van der Waals surface area contributed by atoms with Gasteiger partial charge in [0.15, 0.2) is 5.82 Å². The second-order valence-electron chi connectivity index (χ2n) is 4.85. The van der Waals surface area contributed by atoms with Gasteiger partial charge in [0.05, 0.1) is 0 Å². The number of nitrogens with zero attached hydrogens (tertiary/aromatic N) is 4. The number of rotatable bonds is 2. The lowest BCUT2D eigenvalue weighted by Gasteiger charge is -2.37. The molecule has 0 saturated carbocycles. The summed E-state index contributed by atoms with van der Waals surface area (Å²) >= 11 is 12.2. The lowest BCUT2D eigenvalue weighted by atomic mass is 10.2. The van der Waals surface area contributed by atoms with Crippen LogP contribution in [0.5, 0.6) is 0 Å². The molecule has 3 rings (SSSR count). The first kappa shape index (κ1) is 14.2. The minimum atomic E-state index is 0.318. The normalized spacial score (nSPS) is 15.3. The fourth-order valence-corrected chi connectivity index (χ4v) is 2.85. The molecule has 110 valence electrons. The maximum Gasteiger partial charge on any atom is 0.153 e. The Morgan fingerprint density at radius 3 is 2.43 bits per heavy atom. The van der Waals surface area contributed by atoms with E-state index < -0.39 is 0 Å². The molecule has 0 atom stereocenters. The molecule has 21 heavy (non-hydrogen) atoms. The molecule has 0 bridgehead atoms. The summed E-state index contributed by atoms with van der Waals surface area (Å²) in [5.74, 6) is 1.02. The number of piperazine rings is 1. The van der Waals surface area contributed by atoms with E-state index in [2.05, 4.69) is 25.8 Å². The van der Waals surface area contributed by atoms with Gasteiger partial charge in [0.25, 0.3) is 0 Å². The molecular weight excluding hydrogens is 309 g/mol. The van der Waals surface area contributed by atoms with E-state index in [-0.39, 0.29) is 0 Å². The van der Waals surface area contributed by atoms with Crippen LogP contribution in [-0.2, 0) is 0 Å². The Morgan fingerprint density at radius 2 is 1.71 bits per heavy atom. The van der Waals surface area contributed by atoms with Gasteiger partial charge in [-0.1, -0.05) is 29.3 Å². The number of halogens is 2. The number of anilines is 3. The van der Waals surface area contributed by atoms with Crippen molar-refractivity contribution >= 4 is 40.5 Å². The minimum Gasteiger partial charge on any atom is -0.382 e. The van der Waals surface area contributed by atoms with Gasteiger partial charge in [-0.3, -0.25) is 0 Å². The van der Waals surface area contributed by atoms with Gasteiger partial charge in [-0.2, -0.15) is 0 Å². The van der Waals surface area contributed by atoms with Crippen molar-refractivity contribution in [2.45, 2.75) is 0 Å². The quantitative estimate of drug-likeness (QED) is 0.920. The predicted molar refractivity (Wildman–Crippen MR) is 87.3 cm³/mol. The van der Waals surface area contributed by atoms with Crippen LogP contribution in [0.1, 0.15) is 0 Å². The number of benzene rings is 1. The molecule has 1 aliphatic heterocycles. The van der Waals surface area contributed by atoms with Gasteiger partial charge in [0.2, 0.25) is 0 Å². The average molecular weight is 324 g/mol. The molecule has 7 heteroatoms. The summed E-state index contributed by atoms with van der Waals surface area (Å²) < 4.78 is 0. The van der Waals surface area contributed by atoms with Crippen molar-refractivity contribution < 1.29 is 0 Å². The van der Waals surface area contributed by atoms with Crippen molar-refractivity contribution in [2.24, 2.45) is 0 Å². The van der Waals surface area contributed by atoms with E-state index in [1.807, 2.05) is 18.2 Å². The summed E-state index contributed by atoms with van der Waals surface area (Å²) in [6, 6.07) is 7.89. The third-order valence-electron chi connectivity index (χ3n) is 3.55. The summed E-state index contributed by atoms with van der Waals surface area (Å²) in [7, 11) is 0. The zero-order valence-corrected chi connectivity index (χ0v) is 12.8. The van der Waals surface area contributed by atoms with Crippen LogP contribution in [0.4, 0.5) is 17.3 Å². The van der Waals surface area contributed by atoms with Gasteiger partial charge in [0, 0.05) is 36.9 Å². The lowest BCUT2D eigenvalue weighted by Crippen LogP contribution is -2.47. The molecule has 2 aromatic rings. The predicted octanol–water partition coefficient (Wildman–Crippen LogP) is 2.69. The Hall–Kier alpha value is -1.72. The van der Waals surface area contributed by atoms with Crippen LogP contribution >= 0.6 is 23.2 Å². The maximum absolute atomic E-state index is 6.18. The number of aromatic nitrogens is 2. The molecule has 1 aromatic heterocycles. The van der Waals surface area contributed by atoms with Crippen LogP contribution in [0.25, 0.3) is 0 Å². The van der Waals surface area contributed by atoms with E-state index in [0.717, 1.165) is 36.9 Å². The van der Waals surface area contributed by atoms with E-state index in [4.69, 9.17) is 28.9 Å². The highest BCUT2D eigenvalue weighted by atomic mass is 35.5. The highest BCUT2D eigenvalue weighted by Gasteiger charge is 2.21. The highest BCUT2D eigenvalue weighted by Crippen LogP contribution is 2.28. The first-order valence-corrected chi connectivity index (χ1v) is 7.42. The van der Waals surface area contributed by atoms with Gasteiger partial charge in [-0.25, -0.2) is 9.97 Å². The Kier molecular flexibility index (Phi) is 4.03. The zero-order valence-electron chi connectivity index (χ0n) is 11.3. The molecule has 2 heterocycles. The molecule has 0 spiro atoms. The van der Waals surface area contributed by atoms with Crippen molar-refractivity contribution in [3.8, 4) is 0 Å². The van der Waals surface area contributed by atoms with E-state index >= 15 is 0 Å². The van der Waals surface area contributed by atoms with Crippen molar-refractivity contribution in [3.05, 3.63) is 40.6 Å². The molecular formula is C14H15Cl2N5. The Labute approximate surface area is 133 Å². The van der Waals surface area contributed by atoms with Crippen molar-refractivity contribution in [2.75, 3.05) is 41.7 Å². The number of hydrogen-bond donors (Lipinski definition) is 1. The largest absolute Gasteiger partial charge is 0.382 e. The average Bonchev–Trinajstić information content (AvgIpc) is 2.50. The Balaban J connectivity index is 1.72. The third kappa shape index (κ3) is 2.99. The standard InChI is InChI=1S/C14H15Cl2N5/c15-10-2-1-3-11(8-10)20-4-6-21(7-5-20)14-12(16)13(17)18-9-19-14/h1-3,8-9H,4-7H2,(H2,17,18,19). The Bertz CT molecular complexity index is 641. The van der Waals surface area contributed by atoms with Crippen molar-refractivity contribution in [1.29, 1.82) is 0 Å². The van der Waals surface area contributed by atoms with Crippen molar-refractivity contribution in [3.63, 3.8) is 0 Å². The summed E-state index contributed by atoms with van der Waals surface area (Å²) in [6.45, 7) is 3.40. The summed E-state index contributed by atoms with van der Waals surface area (Å²) in [5, 5.41) is 1.18.